The quantitative estimate of drug-likeness (QED) is 0.580. The fraction of sp³-hybridized carbons (Fsp3) is 0.818. The Hall–Kier alpha value is -0.330. The van der Waals surface area contributed by atoms with Gasteiger partial charge in [-0.05, 0) is 56.8 Å². The summed E-state index contributed by atoms with van der Waals surface area (Å²) in [4.78, 5) is 11.6. The highest BCUT2D eigenvalue weighted by Crippen LogP contribution is 2.66. The van der Waals surface area contributed by atoms with Crippen LogP contribution in [0.15, 0.2) is 0 Å². The van der Waals surface area contributed by atoms with Crippen molar-refractivity contribution >= 4 is 5.78 Å². The minimum absolute atomic E-state index is 0.151. The van der Waals surface area contributed by atoms with E-state index in [1.165, 1.54) is 25.7 Å². The van der Waals surface area contributed by atoms with Crippen LogP contribution in [0.1, 0.15) is 39.0 Å². The molecule has 0 heterocycles. The van der Waals surface area contributed by atoms with Gasteiger partial charge in [0, 0.05) is 5.41 Å². The Labute approximate surface area is 73.5 Å². The molecule has 0 saturated heterocycles. The molecule has 4 aliphatic carbocycles. The molecule has 4 aliphatic rings. The molecule has 3 atom stereocenters. The van der Waals surface area contributed by atoms with Crippen molar-refractivity contribution in [2.45, 2.75) is 39.0 Å². The molecule has 4 saturated carbocycles. The molecule has 4 bridgehead atoms. The minimum Gasteiger partial charge on any atom is -0.299 e. The first-order valence-electron chi connectivity index (χ1n) is 5.05. The second kappa shape index (κ2) is 1.94. The van der Waals surface area contributed by atoms with E-state index >= 15 is 0 Å². The second-order valence-corrected chi connectivity index (χ2v) is 5.05. The van der Waals surface area contributed by atoms with Gasteiger partial charge in [0.25, 0.3) is 0 Å². The third-order valence-electron chi connectivity index (χ3n) is 4.43. The van der Waals surface area contributed by atoms with Gasteiger partial charge in [-0.25, -0.2) is 0 Å². The molecule has 0 aliphatic heterocycles. The number of rotatable bonds is 1. The number of hydrogen-bond acceptors (Lipinski definition) is 1. The number of ketones is 1. The van der Waals surface area contributed by atoms with Crippen LogP contribution >= 0.6 is 0 Å². The van der Waals surface area contributed by atoms with Crippen molar-refractivity contribution in [1.82, 2.24) is 0 Å². The smallest absolute Gasteiger partial charge is 0.136 e. The van der Waals surface area contributed by atoms with Gasteiger partial charge in [0.15, 0.2) is 0 Å². The predicted molar refractivity (Wildman–Crippen MR) is 46.4 cm³/mol. The molecule has 65 valence electrons. The van der Waals surface area contributed by atoms with Gasteiger partial charge >= 0.3 is 0 Å². The molecular weight excluding hydrogens is 148 g/mol. The van der Waals surface area contributed by atoms with Crippen molar-refractivity contribution in [3.63, 3.8) is 0 Å². The summed E-state index contributed by atoms with van der Waals surface area (Å²) in [6, 6.07) is 0. The third kappa shape index (κ3) is 0.641. The van der Waals surface area contributed by atoms with Gasteiger partial charge in [-0.15, -0.1) is 0 Å². The summed E-state index contributed by atoms with van der Waals surface area (Å²) in [6.45, 7) is 1.81. The molecule has 0 aromatic rings. The molecule has 3 unspecified atom stereocenters. The zero-order valence-corrected chi connectivity index (χ0v) is 7.60. The van der Waals surface area contributed by atoms with E-state index in [9.17, 15) is 4.79 Å². The lowest BCUT2D eigenvalue weighted by Gasteiger charge is -2.29. The summed E-state index contributed by atoms with van der Waals surface area (Å²) in [5, 5.41) is 0. The van der Waals surface area contributed by atoms with E-state index in [1.807, 2.05) is 6.92 Å². The number of carbonyl (C=O) groups excluding carboxylic acids is 1. The molecule has 0 spiro atoms. The Kier molecular flexibility index (Phi) is 1.15. The van der Waals surface area contributed by atoms with Crippen LogP contribution in [-0.2, 0) is 4.79 Å². The lowest BCUT2D eigenvalue weighted by molar-refractivity contribution is -0.127. The summed E-state index contributed by atoms with van der Waals surface area (Å²) in [7, 11) is 0. The van der Waals surface area contributed by atoms with Gasteiger partial charge in [-0.2, -0.15) is 0 Å². The van der Waals surface area contributed by atoms with Crippen molar-refractivity contribution in [3.05, 3.63) is 5.92 Å². The molecule has 1 heteroatoms. The first kappa shape index (κ1) is 7.11. The van der Waals surface area contributed by atoms with Crippen molar-refractivity contribution in [2.75, 3.05) is 0 Å². The van der Waals surface area contributed by atoms with Crippen LogP contribution in [0.4, 0.5) is 0 Å². The second-order valence-electron chi connectivity index (χ2n) is 5.05. The van der Waals surface area contributed by atoms with E-state index in [2.05, 4.69) is 0 Å². The van der Waals surface area contributed by atoms with E-state index < -0.39 is 0 Å². The number of hydrogen-bond donors (Lipinski definition) is 0. The Balaban J connectivity index is 2.03. The Morgan fingerprint density at radius 3 is 2.92 bits per heavy atom. The molecule has 12 heavy (non-hydrogen) atoms. The van der Waals surface area contributed by atoms with E-state index in [1.54, 1.807) is 5.92 Å². The van der Waals surface area contributed by atoms with Crippen LogP contribution in [0.5, 0.6) is 0 Å². The fourth-order valence-corrected chi connectivity index (χ4v) is 4.03. The topological polar surface area (TPSA) is 17.1 Å². The Morgan fingerprint density at radius 1 is 1.50 bits per heavy atom. The molecule has 0 N–H and O–H groups in total. The van der Waals surface area contributed by atoms with E-state index in [-0.39, 0.29) is 5.41 Å². The highest BCUT2D eigenvalue weighted by atomic mass is 16.1. The summed E-state index contributed by atoms with van der Waals surface area (Å²) in [5.74, 6) is 3.82. The van der Waals surface area contributed by atoms with Gasteiger partial charge in [-0.1, -0.05) is 0 Å². The average Bonchev–Trinajstić information content (AvgIpc) is 2.37. The standard InChI is InChI=1S/C11H15O/c1-7(12)11-5-8-2-9(6-11)4-10(11)3-8/h8,10H,2-6H2,1H3. The van der Waals surface area contributed by atoms with Crippen molar-refractivity contribution in [1.29, 1.82) is 0 Å². The summed E-state index contributed by atoms with van der Waals surface area (Å²) >= 11 is 0. The molecule has 4 fully saturated rings. The molecule has 1 nitrogen and oxygen atoms in total. The van der Waals surface area contributed by atoms with Crippen LogP contribution in [-0.4, -0.2) is 5.78 Å². The lowest BCUT2D eigenvalue weighted by atomic mass is 9.73. The van der Waals surface area contributed by atoms with Crippen LogP contribution in [0.25, 0.3) is 0 Å². The molecule has 1 radical (unpaired) electrons. The van der Waals surface area contributed by atoms with E-state index in [4.69, 9.17) is 0 Å². The predicted octanol–water partition coefficient (Wildman–Crippen LogP) is 2.36. The normalized spacial score (nSPS) is 50.4. The van der Waals surface area contributed by atoms with Gasteiger partial charge < -0.3 is 0 Å². The third-order valence-corrected chi connectivity index (χ3v) is 4.43. The zero-order valence-electron chi connectivity index (χ0n) is 7.60. The first-order valence-corrected chi connectivity index (χ1v) is 5.05. The van der Waals surface area contributed by atoms with Crippen LogP contribution in [0, 0.1) is 23.2 Å². The van der Waals surface area contributed by atoms with Gasteiger partial charge in [-0.3, -0.25) is 4.79 Å². The number of Topliss-reactive ketones (excluding diaryl/α,β-unsaturated/α-hetero) is 1. The van der Waals surface area contributed by atoms with Crippen LogP contribution < -0.4 is 0 Å². The highest BCUT2D eigenvalue weighted by molar-refractivity contribution is 5.84. The minimum atomic E-state index is 0.151. The van der Waals surface area contributed by atoms with Crippen molar-refractivity contribution < 1.29 is 4.79 Å². The SMILES string of the molecule is CC(=O)C12C[C]3CC(CC1C3)C2. The van der Waals surface area contributed by atoms with Crippen LogP contribution in [0.3, 0.4) is 0 Å². The molecule has 0 aromatic carbocycles. The summed E-state index contributed by atoms with van der Waals surface area (Å²) < 4.78 is 0. The maximum atomic E-state index is 11.6. The summed E-state index contributed by atoms with van der Waals surface area (Å²) in [6.07, 6.45) is 6.37. The fourth-order valence-electron chi connectivity index (χ4n) is 4.03. The average molecular weight is 163 g/mol. The largest absolute Gasteiger partial charge is 0.299 e. The van der Waals surface area contributed by atoms with E-state index in [0.29, 0.717) is 5.78 Å². The Morgan fingerprint density at radius 2 is 2.33 bits per heavy atom. The van der Waals surface area contributed by atoms with E-state index in [0.717, 1.165) is 18.3 Å². The highest BCUT2D eigenvalue weighted by Gasteiger charge is 2.60. The Bertz CT molecular complexity index is 229. The first-order chi connectivity index (χ1) is 5.71. The van der Waals surface area contributed by atoms with Gasteiger partial charge in [0.05, 0.1) is 0 Å². The number of carbonyl (C=O) groups is 1. The maximum absolute atomic E-state index is 11.6. The summed E-state index contributed by atoms with van der Waals surface area (Å²) in [5.41, 5.74) is 0.151. The molecule has 0 amide bonds. The van der Waals surface area contributed by atoms with Crippen molar-refractivity contribution in [3.8, 4) is 0 Å². The monoisotopic (exact) mass is 163 g/mol. The molecular formula is C11H15O. The van der Waals surface area contributed by atoms with Crippen LogP contribution in [0.2, 0.25) is 0 Å². The zero-order chi connectivity index (χ0) is 8.34. The van der Waals surface area contributed by atoms with Gasteiger partial charge in [0.2, 0.25) is 0 Å². The lowest BCUT2D eigenvalue weighted by Crippen LogP contribution is -2.30. The molecule has 0 aromatic heterocycles. The molecule has 4 rings (SSSR count). The van der Waals surface area contributed by atoms with Gasteiger partial charge in [0.1, 0.15) is 5.78 Å². The van der Waals surface area contributed by atoms with Crippen molar-refractivity contribution in [2.24, 2.45) is 17.3 Å². The maximum Gasteiger partial charge on any atom is 0.136 e.